The minimum Gasteiger partial charge on any atom is -0.309 e. The van der Waals surface area contributed by atoms with Gasteiger partial charge in [0.2, 0.25) is 5.91 Å². The summed E-state index contributed by atoms with van der Waals surface area (Å²) in [6.07, 6.45) is 2.14. The van der Waals surface area contributed by atoms with Gasteiger partial charge in [0, 0.05) is 37.3 Å². The summed E-state index contributed by atoms with van der Waals surface area (Å²) in [5.74, 6) is 0.987. The fraction of sp³-hybridized carbons (Fsp3) is 0.632. The van der Waals surface area contributed by atoms with Crippen LogP contribution < -0.4 is 4.90 Å². The van der Waals surface area contributed by atoms with Crippen LogP contribution in [0.1, 0.15) is 40.5 Å². The molecule has 1 amide bonds. The number of hydrogen-bond donors (Lipinski definition) is 0. The van der Waals surface area contributed by atoms with E-state index in [2.05, 4.69) is 35.8 Å². The van der Waals surface area contributed by atoms with Crippen molar-refractivity contribution in [1.29, 1.82) is 0 Å². The van der Waals surface area contributed by atoms with E-state index < -0.39 is 0 Å². The van der Waals surface area contributed by atoms with Crippen molar-refractivity contribution < 1.29 is 4.79 Å². The Hall–Kier alpha value is -1.35. The lowest BCUT2D eigenvalue weighted by Gasteiger charge is -2.39. The molecule has 122 valence electrons. The Morgan fingerprint density at radius 1 is 1.14 bits per heavy atom. The molecule has 3 nitrogen and oxygen atoms in total. The van der Waals surface area contributed by atoms with Gasteiger partial charge < -0.3 is 9.80 Å². The van der Waals surface area contributed by atoms with Crippen molar-refractivity contribution in [3.63, 3.8) is 0 Å². The van der Waals surface area contributed by atoms with Gasteiger partial charge in [-0.2, -0.15) is 0 Å². The van der Waals surface area contributed by atoms with Gasteiger partial charge in [-0.05, 0) is 30.9 Å². The summed E-state index contributed by atoms with van der Waals surface area (Å²) in [7, 11) is 0. The van der Waals surface area contributed by atoms with Gasteiger partial charge in [-0.3, -0.25) is 4.79 Å². The highest BCUT2D eigenvalue weighted by atomic mass is 16.2. The van der Waals surface area contributed by atoms with Crippen LogP contribution in [-0.4, -0.2) is 36.5 Å². The normalized spacial score (nSPS) is 17.2. The Morgan fingerprint density at radius 2 is 1.73 bits per heavy atom. The molecule has 1 heterocycles. The molecular weight excluding hydrogens is 272 g/mol. The van der Waals surface area contributed by atoms with Gasteiger partial charge in [-0.1, -0.05) is 45.9 Å². The van der Waals surface area contributed by atoms with Gasteiger partial charge in [0.1, 0.15) is 0 Å². The number of carbonyl (C=O) groups is 1. The van der Waals surface area contributed by atoms with Gasteiger partial charge in [0.05, 0.1) is 0 Å². The number of rotatable bonds is 5. The predicted molar refractivity (Wildman–Crippen MR) is 93.1 cm³/mol. The van der Waals surface area contributed by atoms with Crippen LogP contribution in [0.2, 0.25) is 0 Å². The average molecular weight is 302 g/mol. The summed E-state index contributed by atoms with van der Waals surface area (Å²) >= 11 is 0. The smallest absolute Gasteiger partial charge is 0.229 e. The minimum absolute atomic E-state index is 0.0360. The van der Waals surface area contributed by atoms with E-state index in [1.807, 2.05) is 32.0 Å². The zero-order valence-electron chi connectivity index (χ0n) is 14.5. The fourth-order valence-corrected chi connectivity index (χ4v) is 3.26. The standard InChI is InChI=1S/C19H30N2O/c1-15(2)14-20-12-10-18(11-13-20)21(19(22)16(3)4)17-8-6-5-7-9-17/h5-9,15-16,18H,10-14H2,1-4H3. The Bertz CT molecular complexity index is 462. The first kappa shape index (κ1) is 17.0. The summed E-state index contributed by atoms with van der Waals surface area (Å²) < 4.78 is 0. The molecule has 1 aliphatic rings. The summed E-state index contributed by atoms with van der Waals surface area (Å²) in [5.41, 5.74) is 1.04. The quantitative estimate of drug-likeness (QED) is 0.826. The number of likely N-dealkylation sites (tertiary alicyclic amines) is 1. The molecule has 1 aromatic rings. The third-order valence-corrected chi connectivity index (χ3v) is 4.31. The second-order valence-corrected chi connectivity index (χ2v) is 7.12. The molecule has 0 saturated carbocycles. The molecule has 2 rings (SSSR count). The van der Waals surface area contributed by atoms with Crippen molar-refractivity contribution in [2.75, 3.05) is 24.5 Å². The molecule has 0 N–H and O–H groups in total. The molecule has 0 unspecified atom stereocenters. The summed E-state index contributed by atoms with van der Waals surface area (Å²) in [6.45, 7) is 11.9. The van der Waals surface area contributed by atoms with Crippen LogP contribution in [0.5, 0.6) is 0 Å². The lowest BCUT2D eigenvalue weighted by atomic mass is 9.99. The molecule has 0 radical (unpaired) electrons. The van der Waals surface area contributed by atoms with Crippen molar-refractivity contribution in [2.24, 2.45) is 11.8 Å². The minimum atomic E-state index is 0.0360. The Labute approximate surface area is 135 Å². The van der Waals surface area contributed by atoms with Gasteiger partial charge >= 0.3 is 0 Å². The zero-order chi connectivity index (χ0) is 16.1. The summed E-state index contributed by atoms with van der Waals surface area (Å²) in [6, 6.07) is 10.5. The third-order valence-electron chi connectivity index (χ3n) is 4.31. The molecule has 0 aliphatic carbocycles. The first-order valence-electron chi connectivity index (χ1n) is 8.59. The van der Waals surface area contributed by atoms with E-state index in [9.17, 15) is 4.79 Å². The third kappa shape index (κ3) is 4.33. The second kappa shape index (κ2) is 7.77. The number of piperidine rings is 1. The Balaban J connectivity index is 2.09. The van der Waals surface area contributed by atoms with Crippen molar-refractivity contribution in [1.82, 2.24) is 4.90 Å². The molecule has 1 aromatic carbocycles. The molecule has 1 saturated heterocycles. The van der Waals surface area contributed by atoms with E-state index in [0.29, 0.717) is 12.0 Å². The number of nitrogens with zero attached hydrogens (tertiary/aromatic N) is 2. The molecule has 22 heavy (non-hydrogen) atoms. The average Bonchev–Trinajstić information content (AvgIpc) is 2.49. The van der Waals surface area contributed by atoms with E-state index in [4.69, 9.17) is 0 Å². The topological polar surface area (TPSA) is 23.6 Å². The van der Waals surface area contributed by atoms with Gasteiger partial charge in [0.15, 0.2) is 0 Å². The van der Waals surface area contributed by atoms with Crippen molar-refractivity contribution >= 4 is 11.6 Å². The van der Waals surface area contributed by atoms with E-state index in [1.165, 1.54) is 0 Å². The number of hydrogen-bond acceptors (Lipinski definition) is 2. The maximum atomic E-state index is 12.7. The van der Waals surface area contributed by atoms with Crippen LogP contribution in [-0.2, 0) is 4.79 Å². The molecule has 0 aromatic heterocycles. The van der Waals surface area contributed by atoms with E-state index in [0.717, 1.165) is 38.2 Å². The highest BCUT2D eigenvalue weighted by molar-refractivity contribution is 5.95. The van der Waals surface area contributed by atoms with Gasteiger partial charge in [-0.25, -0.2) is 0 Å². The molecule has 1 aliphatic heterocycles. The SMILES string of the molecule is CC(C)CN1CCC(N(C(=O)C(C)C)c2ccccc2)CC1. The van der Waals surface area contributed by atoms with Crippen molar-refractivity contribution in [3.8, 4) is 0 Å². The van der Waals surface area contributed by atoms with Gasteiger partial charge in [-0.15, -0.1) is 0 Å². The Kier molecular flexibility index (Phi) is 6.01. The molecule has 1 fully saturated rings. The highest BCUT2D eigenvalue weighted by Gasteiger charge is 2.30. The van der Waals surface area contributed by atoms with Crippen LogP contribution >= 0.6 is 0 Å². The molecule has 0 bridgehead atoms. The number of benzene rings is 1. The molecule has 0 atom stereocenters. The fourth-order valence-electron chi connectivity index (χ4n) is 3.26. The van der Waals surface area contributed by atoms with Crippen LogP contribution in [0.25, 0.3) is 0 Å². The first-order valence-corrected chi connectivity index (χ1v) is 8.59. The van der Waals surface area contributed by atoms with Crippen LogP contribution in [0.3, 0.4) is 0 Å². The van der Waals surface area contributed by atoms with Crippen LogP contribution in [0.4, 0.5) is 5.69 Å². The summed E-state index contributed by atoms with van der Waals surface area (Å²) in [5, 5.41) is 0. The van der Waals surface area contributed by atoms with Crippen molar-refractivity contribution in [2.45, 2.75) is 46.6 Å². The number of carbonyl (C=O) groups excluding carboxylic acids is 1. The van der Waals surface area contributed by atoms with E-state index in [1.54, 1.807) is 0 Å². The van der Waals surface area contributed by atoms with Crippen LogP contribution in [0, 0.1) is 11.8 Å². The molecular formula is C19H30N2O. The number of anilines is 1. The number of para-hydroxylation sites is 1. The van der Waals surface area contributed by atoms with Crippen molar-refractivity contribution in [3.05, 3.63) is 30.3 Å². The Morgan fingerprint density at radius 3 is 2.23 bits per heavy atom. The van der Waals surface area contributed by atoms with Crippen LogP contribution in [0.15, 0.2) is 30.3 Å². The maximum absolute atomic E-state index is 12.7. The molecule has 0 spiro atoms. The highest BCUT2D eigenvalue weighted by Crippen LogP contribution is 2.25. The van der Waals surface area contributed by atoms with E-state index >= 15 is 0 Å². The van der Waals surface area contributed by atoms with E-state index in [-0.39, 0.29) is 11.8 Å². The maximum Gasteiger partial charge on any atom is 0.229 e. The summed E-state index contributed by atoms with van der Waals surface area (Å²) in [4.78, 5) is 17.3. The van der Waals surface area contributed by atoms with Gasteiger partial charge in [0.25, 0.3) is 0 Å². The monoisotopic (exact) mass is 302 g/mol. The first-order chi connectivity index (χ1) is 10.5. The largest absolute Gasteiger partial charge is 0.309 e. The lowest BCUT2D eigenvalue weighted by Crippen LogP contribution is -2.49. The lowest BCUT2D eigenvalue weighted by molar-refractivity contribution is -0.122. The number of amides is 1. The zero-order valence-corrected chi connectivity index (χ0v) is 14.5. The molecule has 3 heteroatoms. The second-order valence-electron chi connectivity index (χ2n) is 7.12. The predicted octanol–water partition coefficient (Wildman–Crippen LogP) is 3.80.